The predicted molar refractivity (Wildman–Crippen MR) is 97.2 cm³/mol. The van der Waals surface area contributed by atoms with E-state index in [-0.39, 0.29) is 30.0 Å². The second-order valence-corrected chi connectivity index (χ2v) is 6.55. The van der Waals surface area contributed by atoms with Crippen molar-refractivity contribution >= 4 is 24.0 Å². The molecule has 1 saturated carbocycles. The Morgan fingerprint density at radius 2 is 2.19 bits per heavy atom. The summed E-state index contributed by atoms with van der Waals surface area (Å²) in [7, 11) is 0. The molecule has 2 heterocycles. The summed E-state index contributed by atoms with van der Waals surface area (Å²) in [6.45, 7) is 1.88. The van der Waals surface area contributed by atoms with E-state index >= 15 is 0 Å². The van der Waals surface area contributed by atoms with E-state index in [4.69, 9.17) is 0 Å². The first-order chi connectivity index (χ1) is 12.1. The fraction of sp³-hybridized carbons (Fsp3) is 0.412. The third kappa shape index (κ3) is 3.56. The molecule has 8 nitrogen and oxygen atoms in total. The van der Waals surface area contributed by atoms with Crippen LogP contribution >= 0.6 is 12.4 Å². The fourth-order valence-corrected chi connectivity index (χ4v) is 3.26. The maximum Gasteiger partial charge on any atom is 0.275 e. The van der Waals surface area contributed by atoms with E-state index in [2.05, 4.69) is 15.5 Å². The number of H-pyrrole nitrogens is 1. The van der Waals surface area contributed by atoms with Gasteiger partial charge >= 0.3 is 0 Å². The number of nitro groups is 1. The van der Waals surface area contributed by atoms with Crippen LogP contribution in [0.2, 0.25) is 0 Å². The van der Waals surface area contributed by atoms with E-state index in [1.807, 2.05) is 6.07 Å². The Hall–Kier alpha value is -2.45. The van der Waals surface area contributed by atoms with Crippen molar-refractivity contribution in [2.45, 2.75) is 38.4 Å². The molecule has 2 aliphatic rings. The lowest BCUT2D eigenvalue weighted by Crippen LogP contribution is -2.34. The van der Waals surface area contributed by atoms with Gasteiger partial charge in [-0.15, -0.1) is 12.4 Å². The molecular formula is C17H20ClN5O3. The van der Waals surface area contributed by atoms with E-state index in [0.717, 1.165) is 42.6 Å². The zero-order valence-corrected chi connectivity index (χ0v) is 14.9. The quantitative estimate of drug-likeness (QED) is 0.614. The molecule has 9 heteroatoms. The van der Waals surface area contributed by atoms with Crippen LogP contribution in [0.15, 0.2) is 24.3 Å². The van der Waals surface area contributed by atoms with Crippen LogP contribution < -0.4 is 5.32 Å². The van der Waals surface area contributed by atoms with Crippen molar-refractivity contribution in [2.75, 3.05) is 6.54 Å². The van der Waals surface area contributed by atoms with E-state index in [9.17, 15) is 14.9 Å². The minimum atomic E-state index is -0.414. The number of hydrogen-bond acceptors (Lipinski definition) is 5. The van der Waals surface area contributed by atoms with Gasteiger partial charge in [0.25, 0.3) is 11.6 Å². The summed E-state index contributed by atoms with van der Waals surface area (Å²) in [5.41, 5.74) is 3.24. The number of nitrogens with one attached hydrogen (secondary N) is 2. The summed E-state index contributed by atoms with van der Waals surface area (Å²) < 4.78 is 0. The SMILES string of the molecule is Cl.O=C(c1n[nH]c2c1CNCC2)N(Cc1cccc([N+](=O)[O-])c1)C1CC1. The normalized spacial score (nSPS) is 15.7. The third-order valence-electron chi connectivity index (χ3n) is 4.73. The molecule has 0 radical (unpaired) electrons. The van der Waals surface area contributed by atoms with Crippen LogP contribution in [0.3, 0.4) is 0 Å². The molecule has 0 bridgehead atoms. The van der Waals surface area contributed by atoms with E-state index < -0.39 is 4.92 Å². The highest BCUT2D eigenvalue weighted by Gasteiger charge is 2.35. The van der Waals surface area contributed by atoms with Gasteiger partial charge < -0.3 is 10.2 Å². The minimum absolute atomic E-state index is 0. The van der Waals surface area contributed by atoms with Crippen LogP contribution in [0.25, 0.3) is 0 Å². The molecule has 1 aliphatic heterocycles. The van der Waals surface area contributed by atoms with Crippen molar-refractivity contribution in [3.05, 3.63) is 56.9 Å². The van der Waals surface area contributed by atoms with Crippen LogP contribution in [0.4, 0.5) is 5.69 Å². The number of rotatable bonds is 5. The average Bonchev–Trinajstić information content (AvgIpc) is 3.38. The Morgan fingerprint density at radius 3 is 2.92 bits per heavy atom. The van der Waals surface area contributed by atoms with Crippen molar-refractivity contribution in [1.29, 1.82) is 0 Å². The summed E-state index contributed by atoms with van der Waals surface area (Å²) >= 11 is 0. The molecule has 0 atom stereocenters. The number of fused-ring (bicyclic) bond motifs is 1. The number of nitro benzene ring substituents is 1. The first-order valence-corrected chi connectivity index (χ1v) is 8.44. The van der Waals surface area contributed by atoms with E-state index in [0.29, 0.717) is 18.8 Å². The molecule has 1 aliphatic carbocycles. The van der Waals surface area contributed by atoms with Crippen molar-refractivity contribution in [1.82, 2.24) is 20.4 Å². The molecule has 1 fully saturated rings. The van der Waals surface area contributed by atoms with Crippen LogP contribution in [-0.4, -0.2) is 38.5 Å². The van der Waals surface area contributed by atoms with Crippen LogP contribution in [-0.2, 0) is 19.5 Å². The Bertz CT molecular complexity index is 834. The Balaban J connectivity index is 0.00000196. The molecule has 1 amide bonds. The molecule has 1 aromatic carbocycles. The standard InChI is InChI=1S/C17H19N5O3.ClH/c23-17(16-14-9-18-7-6-15(14)19-20-16)21(12-4-5-12)10-11-2-1-3-13(8-11)22(24)25;/h1-3,8,12,18H,4-7,9-10H2,(H,19,20);1H. The van der Waals surface area contributed by atoms with Gasteiger partial charge in [-0.1, -0.05) is 12.1 Å². The van der Waals surface area contributed by atoms with Crippen molar-refractivity contribution in [3.8, 4) is 0 Å². The molecule has 2 aromatic rings. The van der Waals surface area contributed by atoms with Gasteiger partial charge in [0.1, 0.15) is 0 Å². The summed E-state index contributed by atoms with van der Waals surface area (Å²) in [6.07, 6.45) is 2.76. The zero-order chi connectivity index (χ0) is 17.4. The lowest BCUT2D eigenvalue weighted by Gasteiger charge is -2.23. The summed E-state index contributed by atoms with van der Waals surface area (Å²) in [4.78, 5) is 25.4. The number of carbonyl (C=O) groups is 1. The third-order valence-corrected chi connectivity index (χ3v) is 4.73. The number of amides is 1. The fourth-order valence-electron chi connectivity index (χ4n) is 3.26. The lowest BCUT2D eigenvalue weighted by molar-refractivity contribution is -0.384. The highest BCUT2D eigenvalue weighted by atomic mass is 35.5. The predicted octanol–water partition coefficient (Wildman–Crippen LogP) is 2.19. The zero-order valence-electron chi connectivity index (χ0n) is 14.1. The van der Waals surface area contributed by atoms with Gasteiger partial charge in [-0.05, 0) is 18.4 Å². The first-order valence-electron chi connectivity index (χ1n) is 8.44. The van der Waals surface area contributed by atoms with E-state index in [1.165, 1.54) is 12.1 Å². The Morgan fingerprint density at radius 1 is 1.38 bits per heavy atom. The molecule has 0 saturated heterocycles. The van der Waals surface area contributed by atoms with Gasteiger partial charge in [-0.2, -0.15) is 5.10 Å². The second kappa shape index (κ2) is 7.43. The van der Waals surface area contributed by atoms with Crippen LogP contribution in [0.1, 0.15) is 40.2 Å². The lowest BCUT2D eigenvalue weighted by atomic mass is 10.1. The van der Waals surface area contributed by atoms with Gasteiger partial charge in [0, 0.05) is 55.5 Å². The number of aromatic nitrogens is 2. The maximum atomic E-state index is 13.1. The van der Waals surface area contributed by atoms with Gasteiger partial charge in [0.15, 0.2) is 5.69 Å². The molecule has 138 valence electrons. The monoisotopic (exact) mass is 377 g/mol. The topological polar surface area (TPSA) is 104 Å². The Labute approximate surface area is 156 Å². The number of hydrogen-bond donors (Lipinski definition) is 2. The molecular weight excluding hydrogens is 358 g/mol. The second-order valence-electron chi connectivity index (χ2n) is 6.55. The molecule has 0 unspecified atom stereocenters. The van der Waals surface area contributed by atoms with Crippen molar-refractivity contribution in [3.63, 3.8) is 0 Å². The molecule has 2 N–H and O–H groups in total. The summed E-state index contributed by atoms with van der Waals surface area (Å²) in [6, 6.07) is 6.66. The number of aromatic amines is 1. The maximum absolute atomic E-state index is 13.1. The van der Waals surface area contributed by atoms with Crippen molar-refractivity contribution < 1.29 is 9.72 Å². The van der Waals surface area contributed by atoms with Gasteiger partial charge in [0.2, 0.25) is 0 Å². The van der Waals surface area contributed by atoms with Gasteiger partial charge in [-0.3, -0.25) is 20.0 Å². The number of benzene rings is 1. The average molecular weight is 378 g/mol. The summed E-state index contributed by atoms with van der Waals surface area (Å²) in [5, 5.41) is 21.5. The number of non-ortho nitro benzene ring substituents is 1. The molecule has 0 spiro atoms. The highest BCUT2D eigenvalue weighted by Crippen LogP contribution is 2.31. The molecule has 1 aromatic heterocycles. The van der Waals surface area contributed by atoms with Crippen molar-refractivity contribution in [2.24, 2.45) is 0 Å². The molecule has 4 rings (SSSR count). The first kappa shape index (κ1) is 18.3. The largest absolute Gasteiger partial charge is 0.330 e. The number of nitrogens with zero attached hydrogens (tertiary/aromatic N) is 3. The number of carbonyl (C=O) groups excluding carboxylic acids is 1. The summed E-state index contributed by atoms with van der Waals surface area (Å²) in [5.74, 6) is -0.102. The smallest absolute Gasteiger partial charge is 0.275 e. The van der Waals surface area contributed by atoms with Crippen LogP contribution in [0.5, 0.6) is 0 Å². The van der Waals surface area contributed by atoms with Gasteiger partial charge in [0.05, 0.1) is 4.92 Å². The number of halogens is 1. The Kier molecular flexibility index (Phi) is 5.24. The van der Waals surface area contributed by atoms with E-state index in [1.54, 1.807) is 11.0 Å². The highest BCUT2D eigenvalue weighted by molar-refractivity contribution is 5.94. The minimum Gasteiger partial charge on any atom is -0.330 e. The van der Waals surface area contributed by atoms with Crippen LogP contribution in [0, 0.1) is 10.1 Å². The molecule has 26 heavy (non-hydrogen) atoms. The van der Waals surface area contributed by atoms with Gasteiger partial charge in [-0.25, -0.2) is 0 Å².